The lowest BCUT2D eigenvalue weighted by Crippen LogP contribution is -2.47. The first kappa shape index (κ1) is 23.6. The van der Waals surface area contributed by atoms with Crippen LogP contribution in [0.4, 0.5) is 0 Å². The van der Waals surface area contributed by atoms with E-state index in [0.717, 1.165) is 13.3 Å². The number of rotatable bonds is 4. The number of fused-ring (bicyclic) bond motifs is 2. The second kappa shape index (κ2) is 7.83. The van der Waals surface area contributed by atoms with Gasteiger partial charge in [0.05, 0.1) is 17.8 Å². The standard InChI is InChI=1S/C24H28O8/c1-11(10-31-12(2)25)14-17(27)15-16(19(29)21(14)32-13(3)26)24(6)9-7-8-23(4,5)22(24)20(30)18(15)28/h11,30H,7-10H2,1-6H3/t11-,24-/m1/s1. The molecule has 8 heteroatoms. The maximum atomic E-state index is 13.7. The Morgan fingerprint density at radius 2 is 1.62 bits per heavy atom. The molecule has 0 aromatic rings. The zero-order valence-corrected chi connectivity index (χ0v) is 19.2. The summed E-state index contributed by atoms with van der Waals surface area (Å²) in [7, 11) is 0. The molecule has 3 rings (SSSR count). The monoisotopic (exact) mass is 444 g/mol. The molecule has 32 heavy (non-hydrogen) atoms. The summed E-state index contributed by atoms with van der Waals surface area (Å²) in [5.41, 5.74) is -1.83. The Bertz CT molecular complexity index is 1050. The van der Waals surface area contributed by atoms with Crippen molar-refractivity contribution >= 4 is 29.3 Å². The molecule has 0 radical (unpaired) electrons. The van der Waals surface area contributed by atoms with Crippen LogP contribution in [0, 0.1) is 16.7 Å². The van der Waals surface area contributed by atoms with Gasteiger partial charge in [-0.05, 0) is 23.8 Å². The highest BCUT2D eigenvalue weighted by Crippen LogP contribution is 2.59. The van der Waals surface area contributed by atoms with Gasteiger partial charge in [0.15, 0.2) is 17.3 Å². The number of hydrogen-bond acceptors (Lipinski definition) is 8. The second-order valence-electron chi connectivity index (χ2n) is 9.57. The van der Waals surface area contributed by atoms with E-state index < -0.39 is 63.1 Å². The molecule has 1 fully saturated rings. The van der Waals surface area contributed by atoms with E-state index in [1.165, 1.54) is 13.8 Å². The summed E-state index contributed by atoms with van der Waals surface area (Å²) < 4.78 is 10.2. The van der Waals surface area contributed by atoms with E-state index in [-0.39, 0.29) is 17.8 Å². The Hall–Kier alpha value is -3.03. The lowest BCUT2D eigenvalue weighted by Gasteiger charge is -2.49. The molecular formula is C24H28O8. The highest BCUT2D eigenvalue weighted by molar-refractivity contribution is 6.39. The number of aliphatic hydroxyl groups is 1. The fourth-order valence-electron chi connectivity index (χ4n) is 5.41. The average Bonchev–Trinajstić information content (AvgIpc) is 2.65. The predicted octanol–water partition coefficient (Wildman–Crippen LogP) is 3.06. The van der Waals surface area contributed by atoms with Crippen molar-refractivity contribution in [1.82, 2.24) is 0 Å². The summed E-state index contributed by atoms with van der Waals surface area (Å²) in [6, 6.07) is 0. The number of allylic oxidation sites excluding steroid dienone is 3. The van der Waals surface area contributed by atoms with Gasteiger partial charge >= 0.3 is 11.9 Å². The minimum absolute atomic E-state index is 0.0345. The Labute approximate surface area is 186 Å². The molecule has 0 aromatic carbocycles. The second-order valence-corrected chi connectivity index (χ2v) is 9.57. The molecule has 172 valence electrons. The molecule has 3 aliphatic rings. The molecule has 8 nitrogen and oxygen atoms in total. The third-order valence-electron chi connectivity index (χ3n) is 6.61. The van der Waals surface area contributed by atoms with Crippen molar-refractivity contribution in [2.45, 2.75) is 60.8 Å². The molecular weight excluding hydrogens is 416 g/mol. The van der Waals surface area contributed by atoms with Gasteiger partial charge in [0, 0.05) is 30.8 Å². The molecule has 2 atom stereocenters. The molecule has 1 N–H and O–H groups in total. The number of esters is 2. The molecule has 0 bridgehead atoms. The van der Waals surface area contributed by atoms with Crippen molar-refractivity contribution in [2.75, 3.05) is 6.61 Å². The van der Waals surface area contributed by atoms with Crippen molar-refractivity contribution in [1.29, 1.82) is 0 Å². The number of hydrogen-bond donors (Lipinski definition) is 1. The number of ether oxygens (including phenoxy) is 2. The lowest BCUT2D eigenvalue weighted by atomic mass is 9.52. The van der Waals surface area contributed by atoms with Crippen molar-refractivity contribution in [3.8, 4) is 0 Å². The van der Waals surface area contributed by atoms with E-state index in [1.54, 1.807) is 6.92 Å². The predicted molar refractivity (Wildman–Crippen MR) is 112 cm³/mol. The number of aliphatic hydroxyl groups excluding tert-OH is 1. The summed E-state index contributed by atoms with van der Waals surface area (Å²) in [5.74, 6) is -5.57. The zero-order chi connectivity index (χ0) is 24.2. The van der Waals surface area contributed by atoms with E-state index in [1.807, 2.05) is 13.8 Å². The normalized spacial score (nSPS) is 26.0. The summed E-state index contributed by atoms with van der Waals surface area (Å²) in [6.45, 7) is 9.10. The number of carbonyl (C=O) groups excluding carboxylic acids is 5. The van der Waals surface area contributed by atoms with Gasteiger partial charge in [0.1, 0.15) is 0 Å². The maximum Gasteiger partial charge on any atom is 0.308 e. The van der Waals surface area contributed by atoms with E-state index in [0.29, 0.717) is 18.4 Å². The van der Waals surface area contributed by atoms with Gasteiger partial charge in [-0.25, -0.2) is 0 Å². The van der Waals surface area contributed by atoms with Crippen LogP contribution in [-0.2, 0) is 33.4 Å². The largest absolute Gasteiger partial charge is 0.504 e. The number of ketones is 3. The van der Waals surface area contributed by atoms with Crippen LogP contribution >= 0.6 is 0 Å². The van der Waals surface area contributed by atoms with Gasteiger partial charge in [-0.3, -0.25) is 24.0 Å². The Balaban J connectivity index is 2.23. The maximum absolute atomic E-state index is 13.7. The SMILES string of the molecule is CC(=O)OC[C@@H](C)C1=C(OC(C)=O)C(=O)C2=C(C(=O)C(O)=C3C(C)(C)CCC[C@]23C)C1=O. The summed E-state index contributed by atoms with van der Waals surface area (Å²) >= 11 is 0. The van der Waals surface area contributed by atoms with Gasteiger partial charge in [0.25, 0.3) is 0 Å². The quantitative estimate of drug-likeness (QED) is 0.399. The number of Topliss-reactive ketones (excluding diaryl/α,β-unsaturated/α-hetero) is 3. The van der Waals surface area contributed by atoms with E-state index in [9.17, 15) is 29.1 Å². The van der Waals surface area contributed by atoms with Crippen LogP contribution in [0.3, 0.4) is 0 Å². The summed E-state index contributed by atoms with van der Waals surface area (Å²) in [5, 5.41) is 10.9. The van der Waals surface area contributed by atoms with Crippen LogP contribution in [-0.4, -0.2) is 41.0 Å². The van der Waals surface area contributed by atoms with Gasteiger partial charge in [0.2, 0.25) is 11.6 Å². The Kier molecular flexibility index (Phi) is 5.78. The van der Waals surface area contributed by atoms with Crippen LogP contribution in [0.1, 0.15) is 60.8 Å². The van der Waals surface area contributed by atoms with Gasteiger partial charge in [-0.1, -0.05) is 34.1 Å². The molecule has 1 saturated carbocycles. The van der Waals surface area contributed by atoms with E-state index in [2.05, 4.69) is 0 Å². The number of carbonyl (C=O) groups is 5. The third kappa shape index (κ3) is 3.51. The molecule has 0 amide bonds. The molecule has 0 spiro atoms. The minimum atomic E-state index is -1.06. The zero-order valence-electron chi connectivity index (χ0n) is 19.2. The van der Waals surface area contributed by atoms with Crippen LogP contribution in [0.25, 0.3) is 0 Å². The molecule has 0 aliphatic heterocycles. The molecule has 3 aliphatic carbocycles. The fraction of sp³-hybridized carbons (Fsp3) is 0.542. The first-order chi connectivity index (χ1) is 14.7. The highest BCUT2D eigenvalue weighted by atomic mass is 16.5. The fourth-order valence-corrected chi connectivity index (χ4v) is 5.41. The van der Waals surface area contributed by atoms with Gasteiger partial charge < -0.3 is 14.6 Å². The first-order valence-electron chi connectivity index (χ1n) is 10.6. The summed E-state index contributed by atoms with van der Waals surface area (Å²) in [4.78, 5) is 63.5. The van der Waals surface area contributed by atoms with Crippen molar-refractivity contribution in [2.24, 2.45) is 16.7 Å². The van der Waals surface area contributed by atoms with Crippen molar-refractivity contribution in [3.05, 3.63) is 33.8 Å². The minimum Gasteiger partial charge on any atom is -0.504 e. The van der Waals surface area contributed by atoms with Gasteiger partial charge in [-0.2, -0.15) is 0 Å². The Morgan fingerprint density at radius 1 is 1.00 bits per heavy atom. The highest BCUT2D eigenvalue weighted by Gasteiger charge is 2.57. The van der Waals surface area contributed by atoms with Crippen molar-refractivity contribution in [3.63, 3.8) is 0 Å². The lowest BCUT2D eigenvalue weighted by molar-refractivity contribution is -0.143. The molecule has 0 aromatic heterocycles. The molecule has 0 unspecified atom stereocenters. The molecule has 0 heterocycles. The van der Waals surface area contributed by atoms with Crippen LogP contribution in [0.2, 0.25) is 0 Å². The van der Waals surface area contributed by atoms with Gasteiger partial charge in [-0.15, -0.1) is 0 Å². The van der Waals surface area contributed by atoms with Crippen molar-refractivity contribution < 1.29 is 38.6 Å². The third-order valence-corrected chi connectivity index (χ3v) is 6.61. The smallest absolute Gasteiger partial charge is 0.308 e. The van der Waals surface area contributed by atoms with E-state index in [4.69, 9.17) is 9.47 Å². The molecule has 0 saturated heterocycles. The first-order valence-corrected chi connectivity index (χ1v) is 10.6. The average molecular weight is 444 g/mol. The Morgan fingerprint density at radius 3 is 2.19 bits per heavy atom. The topological polar surface area (TPSA) is 124 Å². The van der Waals surface area contributed by atoms with Crippen LogP contribution < -0.4 is 0 Å². The summed E-state index contributed by atoms with van der Waals surface area (Å²) in [6.07, 6.45) is 1.87. The van der Waals surface area contributed by atoms with Crippen LogP contribution in [0.15, 0.2) is 33.8 Å². The van der Waals surface area contributed by atoms with E-state index >= 15 is 0 Å². The van der Waals surface area contributed by atoms with Crippen LogP contribution in [0.5, 0.6) is 0 Å².